The number of fused-ring (bicyclic) bond motifs is 1. The molecule has 1 atom stereocenters. The van der Waals surface area contributed by atoms with Crippen LogP contribution in [0.3, 0.4) is 0 Å². The third-order valence-electron chi connectivity index (χ3n) is 5.38. The van der Waals surface area contributed by atoms with Gasteiger partial charge in [-0.1, -0.05) is 6.58 Å². The van der Waals surface area contributed by atoms with Crippen LogP contribution in [0, 0.1) is 5.82 Å². The average molecular weight is 371 g/mol. The maximum absolute atomic E-state index is 15.2. The number of aromatic carboxylic acids is 1. The number of carboxylic acid groups (broad SMARTS) is 1. The first-order chi connectivity index (χ1) is 12.8. The van der Waals surface area contributed by atoms with Crippen LogP contribution < -0.4 is 16.1 Å². The largest absolute Gasteiger partial charge is 0.477 e. The van der Waals surface area contributed by atoms with Crippen LogP contribution in [0.4, 0.5) is 10.1 Å². The summed E-state index contributed by atoms with van der Waals surface area (Å²) in [5, 5.41) is 9.50. The molecule has 0 amide bonds. The van der Waals surface area contributed by atoms with Gasteiger partial charge in [-0.3, -0.25) is 4.79 Å². The fraction of sp³-hybridized carbons (Fsp3) is 0.400. The Kier molecular flexibility index (Phi) is 4.07. The van der Waals surface area contributed by atoms with E-state index in [2.05, 4.69) is 6.58 Å². The molecule has 2 heterocycles. The molecule has 6 nitrogen and oxygen atoms in total. The summed E-state index contributed by atoms with van der Waals surface area (Å²) in [5.41, 5.74) is 7.18. The molecule has 1 aliphatic heterocycles. The molecule has 0 bridgehead atoms. The maximum atomic E-state index is 15.2. The van der Waals surface area contributed by atoms with Crippen molar-refractivity contribution in [2.24, 2.45) is 5.73 Å². The van der Waals surface area contributed by atoms with Crippen LogP contribution in [0.25, 0.3) is 16.5 Å². The number of hydrogen-bond donors (Lipinski definition) is 2. The standard InChI is InChI=1S/C20H22FN3O3/c1-10(2)16-17-13(7-15(21)18(16)23-6-5-11(22)8-23)19(25)14(20(26)27)9-24(17)12-3-4-12/h7,9,11-12H,1,3-6,8,22H2,2H3,(H,26,27). The lowest BCUT2D eigenvalue weighted by Gasteiger charge is -2.25. The zero-order chi connectivity index (χ0) is 19.5. The Morgan fingerprint density at radius 2 is 2.07 bits per heavy atom. The summed E-state index contributed by atoms with van der Waals surface area (Å²) in [4.78, 5) is 26.2. The molecule has 2 aromatic rings. The van der Waals surface area contributed by atoms with E-state index in [9.17, 15) is 14.7 Å². The summed E-state index contributed by atoms with van der Waals surface area (Å²) >= 11 is 0. The number of anilines is 1. The average Bonchev–Trinajstić information content (AvgIpc) is 3.35. The summed E-state index contributed by atoms with van der Waals surface area (Å²) < 4.78 is 17.0. The summed E-state index contributed by atoms with van der Waals surface area (Å²) in [6.07, 6.45) is 3.96. The number of hydrogen-bond acceptors (Lipinski definition) is 4. The molecule has 3 N–H and O–H groups in total. The van der Waals surface area contributed by atoms with Gasteiger partial charge in [0.1, 0.15) is 11.4 Å². The molecule has 1 aromatic carbocycles. The van der Waals surface area contributed by atoms with E-state index in [4.69, 9.17) is 5.73 Å². The van der Waals surface area contributed by atoms with Crippen LogP contribution in [-0.4, -0.2) is 34.8 Å². The minimum absolute atomic E-state index is 0.0296. The summed E-state index contributed by atoms with van der Waals surface area (Å²) in [5.74, 6) is -1.85. The molecule has 1 aliphatic carbocycles. The minimum Gasteiger partial charge on any atom is -0.477 e. The van der Waals surface area contributed by atoms with E-state index in [0.29, 0.717) is 35.4 Å². The Bertz CT molecular complexity index is 1040. The Hall–Kier alpha value is -2.67. The third-order valence-corrected chi connectivity index (χ3v) is 5.38. The molecule has 0 radical (unpaired) electrons. The van der Waals surface area contributed by atoms with Gasteiger partial charge in [-0.05, 0) is 37.8 Å². The van der Waals surface area contributed by atoms with Crippen molar-refractivity contribution in [2.75, 3.05) is 18.0 Å². The van der Waals surface area contributed by atoms with Gasteiger partial charge in [0.2, 0.25) is 5.43 Å². The lowest BCUT2D eigenvalue weighted by molar-refractivity contribution is 0.0695. The lowest BCUT2D eigenvalue weighted by Crippen LogP contribution is -2.28. The predicted molar refractivity (Wildman–Crippen MR) is 103 cm³/mol. The molecular formula is C20H22FN3O3. The third kappa shape index (κ3) is 2.82. The molecule has 2 fully saturated rings. The van der Waals surface area contributed by atoms with E-state index in [-0.39, 0.29) is 23.0 Å². The molecule has 7 heteroatoms. The number of carboxylic acids is 1. The first kappa shape index (κ1) is 17.7. The number of pyridine rings is 1. The number of rotatable bonds is 4. The molecule has 1 aromatic heterocycles. The number of allylic oxidation sites excluding steroid dienone is 1. The van der Waals surface area contributed by atoms with Crippen molar-refractivity contribution in [1.29, 1.82) is 0 Å². The van der Waals surface area contributed by atoms with Crippen LogP contribution in [0.15, 0.2) is 23.6 Å². The smallest absolute Gasteiger partial charge is 0.341 e. The fourth-order valence-corrected chi connectivity index (χ4v) is 3.98. The van der Waals surface area contributed by atoms with Gasteiger partial charge in [0, 0.05) is 36.9 Å². The monoisotopic (exact) mass is 371 g/mol. The van der Waals surface area contributed by atoms with Crippen molar-refractivity contribution in [3.63, 3.8) is 0 Å². The minimum atomic E-state index is -1.30. The molecule has 27 heavy (non-hydrogen) atoms. The van der Waals surface area contributed by atoms with Crippen LogP contribution in [0.1, 0.15) is 48.1 Å². The van der Waals surface area contributed by atoms with Crippen molar-refractivity contribution < 1.29 is 14.3 Å². The van der Waals surface area contributed by atoms with Crippen molar-refractivity contribution in [3.8, 4) is 0 Å². The van der Waals surface area contributed by atoms with E-state index in [1.165, 1.54) is 12.3 Å². The Labute approximate surface area is 155 Å². The SMILES string of the molecule is C=C(C)c1c(N2CCC(N)C2)c(F)cc2c(=O)c(C(=O)O)cn(C3CC3)c12. The summed E-state index contributed by atoms with van der Waals surface area (Å²) in [6, 6.07) is 1.26. The maximum Gasteiger partial charge on any atom is 0.341 e. The van der Waals surface area contributed by atoms with Crippen LogP contribution in [0.2, 0.25) is 0 Å². The quantitative estimate of drug-likeness (QED) is 0.863. The normalized spacial score (nSPS) is 19.7. The Balaban J connectivity index is 2.11. The number of carbonyl (C=O) groups is 1. The number of nitrogens with zero attached hydrogens (tertiary/aromatic N) is 2. The van der Waals surface area contributed by atoms with Crippen LogP contribution in [-0.2, 0) is 0 Å². The van der Waals surface area contributed by atoms with Gasteiger partial charge in [-0.15, -0.1) is 0 Å². The number of halogens is 1. The van der Waals surface area contributed by atoms with E-state index in [1.54, 1.807) is 6.92 Å². The van der Waals surface area contributed by atoms with Crippen molar-refractivity contribution in [3.05, 3.63) is 46.0 Å². The molecule has 2 aliphatic rings. The van der Waals surface area contributed by atoms with Gasteiger partial charge in [-0.25, -0.2) is 9.18 Å². The number of nitrogens with two attached hydrogens (primary N) is 1. The topological polar surface area (TPSA) is 88.6 Å². The van der Waals surface area contributed by atoms with E-state index >= 15 is 4.39 Å². The highest BCUT2D eigenvalue weighted by Crippen LogP contribution is 2.42. The highest BCUT2D eigenvalue weighted by molar-refractivity contribution is 6.00. The second-order valence-electron chi connectivity index (χ2n) is 7.57. The fourth-order valence-electron chi connectivity index (χ4n) is 3.98. The predicted octanol–water partition coefficient (Wildman–Crippen LogP) is 2.74. The summed E-state index contributed by atoms with van der Waals surface area (Å²) in [6.45, 7) is 6.96. The van der Waals surface area contributed by atoms with Gasteiger partial charge in [0.15, 0.2) is 0 Å². The van der Waals surface area contributed by atoms with Crippen LogP contribution >= 0.6 is 0 Å². The van der Waals surface area contributed by atoms with Gasteiger partial charge in [-0.2, -0.15) is 0 Å². The molecule has 0 spiro atoms. The Morgan fingerprint density at radius 3 is 2.59 bits per heavy atom. The molecule has 1 saturated carbocycles. The Morgan fingerprint density at radius 1 is 1.37 bits per heavy atom. The van der Waals surface area contributed by atoms with Gasteiger partial charge < -0.3 is 20.3 Å². The number of aromatic nitrogens is 1. The second-order valence-corrected chi connectivity index (χ2v) is 7.57. The molecule has 142 valence electrons. The molecular weight excluding hydrogens is 349 g/mol. The van der Waals surface area contributed by atoms with Gasteiger partial charge in [0.25, 0.3) is 0 Å². The zero-order valence-electron chi connectivity index (χ0n) is 15.2. The van der Waals surface area contributed by atoms with Crippen LogP contribution in [0.5, 0.6) is 0 Å². The molecule has 1 unspecified atom stereocenters. The molecule has 4 rings (SSSR count). The highest BCUT2D eigenvalue weighted by atomic mass is 19.1. The van der Waals surface area contributed by atoms with E-state index in [1.807, 2.05) is 9.47 Å². The van der Waals surface area contributed by atoms with E-state index < -0.39 is 17.2 Å². The lowest BCUT2D eigenvalue weighted by atomic mass is 9.98. The zero-order valence-corrected chi connectivity index (χ0v) is 15.2. The number of benzene rings is 1. The first-order valence-electron chi connectivity index (χ1n) is 9.10. The van der Waals surface area contributed by atoms with Crippen molar-refractivity contribution >= 4 is 28.1 Å². The van der Waals surface area contributed by atoms with E-state index in [0.717, 1.165) is 19.3 Å². The van der Waals surface area contributed by atoms with Gasteiger partial charge in [0.05, 0.1) is 16.6 Å². The highest BCUT2D eigenvalue weighted by Gasteiger charge is 2.32. The van der Waals surface area contributed by atoms with Gasteiger partial charge >= 0.3 is 5.97 Å². The second kappa shape index (κ2) is 6.20. The first-order valence-corrected chi connectivity index (χ1v) is 9.10. The summed E-state index contributed by atoms with van der Waals surface area (Å²) in [7, 11) is 0. The van der Waals surface area contributed by atoms with Crippen molar-refractivity contribution in [1.82, 2.24) is 4.57 Å². The van der Waals surface area contributed by atoms with Crippen molar-refractivity contribution in [2.45, 2.75) is 38.3 Å². The molecule has 1 saturated heterocycles.